The molecule has 0 spiro atoms. The molecule has 0 bridgehead atoms. The molecule has 1 saturated heterocycles. The largest absolute Gasteiger partial charge is 0.490 e. The molecule has 1 unspecified atom stereocenters. The van der Waals surface area contributed by atoms with Gasteiger partial charge in [0, 0.05) is 13.0 Å². The zero-order chi connectivity index (χ0) is 20.4. The quantitative estimate of drug-likeness (QED) is 0.327. The van der Waals surface area contributed by atoms with Gasteiger partial charge in [0.15, 0.2) is 17.3 Å². The van der Waals surface area contributed by atoms with Crippen molar-refractivity contribution >= 4 is 11.5 Å². The van der Waals surface area contributed by atoms with E-state index >= 15 is 0 Å². The molecule has 4 rings (SSSR count). The summed E-state index contributed by atoms with van der Waals surface area (Å²) < 4.78 is 18.3. The fraction of sp³-hybridized carbons (Fsp3) is 0.412. The number of rotatable bonds is 7. The predicted molar refractivity (Wildman–Crippen MR) is 97.5 cm³/mol. The zero-order valence-electron chi connectivity index (χ0n) is 15.2. The highest BCUT2D eigenvalue weighted by Crippen LogP contribution is 2.45. The lowest BCUT2D eigenvalue weighted by Gasteiger charge is -2.24. The van der Waals surface area contributed by atoms with Crippen LogP contribution < -0.4 is 26.2 Å². The van der Waals surface area contributed by atoms with Gasteiger partial charge in [0.1, 0.15) is 43.1 Å². The van der Waals surface area contributed by atoms with Crippen LogP contribution >= 0.6 is 0 Å². The molecule has 5 N–H and O–H groups in total. The lowest BCUT2D eigenvalue weighted by atomic mass is 10.2. The van der Waals surface area contributed by atoms with E-state index in [2.05, 4.69) is 20.1 Å². The number of nitrogens with zero attached hydrogens (tertiary/aromatic N) is 2. The maximum Gasteiger partial charge on any atom is 0.351 e. The van der Waals surface area contributed by atoms with Gasteiger partial charge in [-0.15, -0.1) is 0 Å². The minimum absolute atomic E-state index is 0.145. The standard InChI is InChI=1S/C17H20N4O8/c18-4-5-25-9-2-1-3-10-15(9)19-16-12(27-10)7-21(17(22)20-16)14-6-11(29-24)13(28-14)8-26-23/h1-3,7,11,13-14,23-24H,4-6,8,18H2,(H,19,20,22)/t11?,13-,14-/m1/s1. The smallest absolute Gasteiger partial charge is 0.351 e. The minimum Gasteiger partial charge on any atom is -0.490 e. The number of nitrogens with two attached hydrogens (primary N) is 1. The van der Waals surface area contributed by atoms with Crippen molar-refractivity contribution in [3.05, 3.63) is 34.9 Å². The number of hydrogen-bond acceptors (Lipinski definition) is 11. The van der Waals surface area contributed by atoms with Crippen LogP contribution in [0.4, 0.5) is 11.5 Å². The van der Waals surface area contributed by atoms with E-state index in [-0.39, 0.29) is 18.8 Å². The van der Waals surface area contributed by atoms with Crippen molar-refractivity contribution in [2.75, 3.05) is 25.1 Å². The molecule has 1 fully saturated rings. The van der Waals surface area contributed by atoms with Crippen LogP contribution in [0.5, 0.6) is 17.2 Å². The molecule has 0 radical (unpaired) electrons. The Bertz CT molecular complexity index is 936. The summed E-state index contributed by atoms with van der Waals surface area (Å²) in [5.41, 5.74) is 5.43. The van der Waals surface area contributed by atoms with E-state index in [0.717, 1.165) is 0 Å². The maximum absolute atomic E-state index is 12.6. The number of fused-ring (bicyclic) bond motifs is 2. The molecule has 0 amide bonds. The molecule has 3 atom stereocenters. The molecule has 1 aromatic heterocycles. The minimum atomic E-state index is -0.790. The normalized spacial score (nSPS) is 22.4. The first-order valence-corrected chi connectivity index (χ1v) is 8.90. The summed E-state index contributed by atoms with van der Waals surface area (Å²) in [6, 6.07) is 5.26. The Morgan fingerprint density at radius 1 is 1.34 bits per heavy atom. The molecule has 12 nitrogen and oxygen atoms in total. The molecule has 3 heterocycles. The lowest BCUT2D eigenvalue weighted by molar-refractivity contribution is -0.308. The van der Waals surface area contributed by atoms with Crippen molar-refractivity contribution in [2.24, 2.45) is 5.73 Å². The SMILES string of the molecule is NCCOc1cccc2c1Nc1nc(=O)n([C@H]3CC(OO)[C@@H](COO)O3)cc1O2. The Morgan fingerprint density at radius 2 is 2.21 bits per heavy atom. The van der Waals surface area contributed by atoms with Gasteiger partial charge in [0.2, 0.25) is 0 Å². The van der Waals surface area contributed by atoms with Gasteiger partial charge in [0.05, 0.1) is 6.20 Å². The molecule has 2 aromatic rings. The zero-order valence-corrected chi connectivity index (χ0v) is 15.2. The van der Waals surface area contributed by atoms with Gasteiger partial charge in [-0.05, 0) is 12.1 Å². The van der Waals surface area contributed by atoms with Crippen molar-refractivity contribution < 1.29 is 34.5 Å². The van der Waals surface area contributed by atoms with Gasteiger partial charge in [0.25, 0.3) is 0 Å². The first-order valence-electron chi connectivity index (χ1n) is 8.90. The van der Waals surface area contributed by atoms with Crippen molar-refractivity contribution in [1.82, 2.24) is 9.55 Å². The van der Waals surface area contributed by atoms with Crippen LogP contribution in [0.2, 0.25) is 0 Å². The van der Waals surface area contributed by atoms with E-state index in [1.165, 1.54) is 10.8 Å². The number of benzene rings is 1. The number of aromatic nitrogens is 2. The topological polar surface area (TPSA) is 160 Å². The number of nitrogens with one attached hydrogen (secondary N) is 1. The van der Waals surface area contributed by atoms with Gasteiger partial charge >= 0.3 is 5.69 Å². The Kier molecular flexibility index (Phi) is 5.62. The number of hydrogen-bond donors (Lipinski definition) is 4. The Morgan fingerprint density at radius 3 is 2.97 bits per heavy atom. The number of ether oxygens (including phenoxy) is 3. The number of para-hydroxylation sites is 1. The summed E-state index contributed by atoms with van der Waals surface area (Å²) in [5, 5.41) is 20.7. The van der Waals surface area contributed by atoms with Crippen LogP contribution in [-0.2, 0) is 14.5 Å². The van der Waals surface area contributed by atoms with Gasteiger partial charge < -0.3 is 25.3 Å². The van der Waals surface area contributed by atoms with Crippen molar-refractivity contribution in [2.45, 2.75) is 24.9 Å². The summed E-state index contributed by atoms with van der Waals surface area (Å²) in [7, 11) is 0. The highest BCUT2D eigenvalue weighted by molar-refractivity contribution is 5.77. The molecule has 2 aliphatic heterocycles. The van der Waals surface area contributed by atoms with Crippen molar-refractivity contribution in [1.29, 1.82) is 0 Å². The first-order chi connectivity index (χ1) is 14.1. The van der Waals surface area contributed by atoms with Gasteiger partial charge in [-0.25, -0.2) is 14.6 Å². The van der Waals surface area contributed by atoms with E-state index in [1.807, 2.05) is 0 Å². The second kappa shape index (κ2) is 8.32. The summed E-state index contributed by atoms with van der Waals surface area (Å²) in [4.78, 5) is 25.0. The molecule has 0 saturated carbocycles. The van der Waals surface area contributed by atoms with Crippen LogP contribution in [0.1, 0.15) is 12.6 Å². The molecule has 156 valence electrons. The molecule has 12 heteroatoms. The Hall–Kier alpha value is -2.74. The highest BCUT2D eigenvalue weighted by Gasteiger charge is 2.39. The monoisotopic (exact) mass is 408 g/mol. The van der Waals surface area contributed by atoms with Crippen LogP contribution in [0, 0.1) is 0 Å². The summed E-state index contributed by atoms with van der Waals surface area (Å²) in [6.45, 7) is 0.448. The summed E-state index contributed by atoms with van der Waals surface area (Å²) in [6.07, 6.45) is -0.736. The fourth-order valence-corrected chi connectivity index (χ4v) is 3.27. The predicted octanol–water partition coefficient (Wildman–Crippen LogP) is 1.07. The maximum atomic E-state index is 12.6. The molecule has 2 aliphatic rings. The lowest BCUT2D eigenvalue weighted by Crippen LogP contribution is -2.29. The molecular formula is C17H20N4O8. The fourth-order valence-electron chi connectivity index (χ4n) is 3.27. The highest BCUT2D eigenvalue weighted by atomic mass is 17.1. The van der Waals surface area contributed by atoms with Crippen molar-refractivity contribution in [3.63, 3.8) is 0 Å². The molecule has 0 aliphatic carbocycles. The third-order valence-corrected chi connectivity index (χ3v) is 4.61. The van der Waals surface area contributed by atoms with Gasteiger partial charge in [-0.1, -0.05) is 6.07 Å². The average Bonchev–Trinajstić information content (AvgIpc) is 3.13. The van der Waals surface area contributed by atoms with Gasteiger partial charge in [-0.2, -0.15) is 4.98 Å². The summed E-state index contributed by atoms with van der Waals surface area (Å²) in [5.74, 6) is 1.55. The van der Waals surface area contributed by atoms with E-state index in [4.69, 9.17) is 30.5 Å². The van der Waals surface area contributed by atoms with Crippen LogP contribution in [0.25, 0.3) is 0 Å². The van der Waals surface area contributed by atoms with E-state index in [0.29, 0.717) is 36.1 Å². The Labute approximate surface area is 164 Å². The molecular weight excluding hydrogens is 388 g/mol. The Balaban J connectivity index is 1.61. The molecule has 1 aromatic carbocycles. The van der Waals surface area contributed by atoms with E-state index in [1.54, 1.807) is 18.2 Å². The molecule has 29 heavy (non-hydrogen) atoms. The summed E-state index contributed by atoms with van der Waals surface area (Å²) >= 11 is 0. The van der Waals surface area contributed by atoms with Crippen LogP contribution in [-0.4, -0.2) is 52.0 Å². The second-order valence-corrected chi connectivity index (χ2v) is 6.44. The van der Waals surface area contributed by atoms with Crippen LogP contribution in [0.3, 0.4) is 0 Å². The van der Waals surface area contributed by atoms with Gasteiger partial charge in [-0.3, -0.25) is 15.1 Å². The van der Waals surface area contributed by atoms with Crippen molar-refractivity contribution in [3.8, 4) is 17.2 Å². The average molecular weight is 408 g/mol. The third kappa shape index (κ3) is 3.76. The third-order valence-electron chi connectivity index (χ3n) is 4.61. The first kappa shape index (κ1) is 19.6. The van der Waals surface area contributed by atoms with Crippen LogP contribution in [0.15, 0.2) is 29.2 Å². The second-order valence-electron chi connectivity index (χ2n) is 6.44. The van der Waals surface area contributed by atoms with E-state index < -0.39 is 24.1 Å². The number of anilines is 2. The van der Waals surface area contributed by atoms with E-state index in [9.17, 15) is 4.79 Å².